The topological polar surface area (TPSA) is 58.4 Å². The molecule has 2 rings (SSSR count). The number of rotatable bonds is 4. The van der Waals surface area contributed by atoms with E-state index >= 15 is 0 Å². The van der Waals surface area contributed by atoms with Crippen molar-refractivity contribution < 1.29 is 9.90 Å². The van der Waals surface area contributed by atoms with Crippen LogP contribution in [-0.4, -0.2) is 33.2 Å². The van der Waals surface area contributed by atoms with E-state index in [0.29, 0.717) is 0 Å². The summed E-state index contributed by atoms with van der Waals surface area (Å²) in [6.45, 7) is 3.84. The van der Waals surface area contributed by atoms with Crippen molar-refractivity contribution in [3.8, 4) is 0 Å². The van der Waals surface area contributed by atoms with Crippen molar-refractivity contribution in [1.29, 1.82) is 0 Å². The van der Waals surface area contributed by atoms with E-state index in [2.05, 4.69) is 4.98 Å². The summed E-state index contributed by atoms with van der Waals surface area (Å²) in [6, 6.07) is 5.98. The second-order valence-corrected chi connectivity index (χ2v) is 5.47. The van der Waals surface area contributed by atoms with E-state index in [9.17, 15) is 4.79 Å². The van der Waals surface area contributed by atoms with Crippen LogP contribution in [0.15, 0.2) is 24.5 Å². The number of fused-ring (bicyclic) bond motifs is 1. The molecule has 1 N–H and O–H groups in total. The Hall–Kier alpha value is -2.04. The summed E-state index contributed by atoms with van der Waals surface area (Å²) in [5.41, 5.74) is 2.50. The minimum absolute atomic E-state index is 0.0871. The van der Waals surface area contributed by atoms with Crippen molar-refractivity contribution in [3.05, 3.63) is 24.5 Å². The molecule has 0 aliphatic rings. The summed E-state index contributed by atoms with van der Waals surface area (Å²) in [5, 5.41) is 8.98. The van der Waals surface area contributed by atoms with Crippen LogP contribution in [-0.2, 0) is 11.8 Å². The van der Waals surface area contributed by atoms with Gasteiger partial charge in [0.2, 0.25) is 0 Å². The Morgan fingerprint density at radius 2 is 2.16 bits per heavy atom. The van der Waals surface area contributed by atoms with Gasteiger partial charge >= 0.3 is 5.97 Å². The molecule has 2 aromatic rings. The van der Waals surface area contributed by atoms with Gasteiger partial charge in [-0.15, -0.1) is 0 Å². The molecule has 0 atom stereocenters. The van der Waals surface area contributed by atoms with Crippen LogP contribution >= 0.6 is 0 Å². The minimum atomic E-state index is -0.796. The fraction of sp³-hybridized carbons (Fsp3) is 0.429. The van der Waals surface area contributed by atoms with Crippen LogP contribution in [0.4, 0.5) is 5.69 Å². The van der Waals surface area contributed by atoms with Gasteiger partial charge in [0.1, 0.15) is 0 Å². The van der Waals surface area contributed by atoms with Crippen molar-refractivity contribution in [2.24, 2.45) is 7.05 Å². The van der Waals surface area contributed by atoms with E-state index in [1.807, 2.05) is 55.6 Å². The van der Waals surface area contributed by atoms with Crippen molar-refractivity contribution in [3.63, 3.8) is 0 Å². The van der Waals surface area contributed by atoms with E-state index in [1.165, 1.54) is 0 Å². The highest BCUT2D eigenvalue weighted by molar-refractivity contribution is 5.80. The number of carboxylic acids is 1. The minimum Gasteiger partial charge on any atom is -0.481 e. The van der Waals surface area contributed by atoms with Gasteiger partial charge in [0.05, 0.1) is 23.8 Å². The second kappa shape index (κ2) is 4.57. The second-order valence-electron chi connectivity index (χ2n) is 5.47. The number of carboxylic acid groups (broad SMARTS) is 1. The molecule has 0 saturated carbocycles. The molecule has 0 aliphatic carbocycles. The van der Waals surface area contributed by atoms with E-state index in [0.717, 1.165) is 16.7 Å². The predicted molar refractivity (Wildman–Crippen MR) is 75.4 cm³/mol. The van der Waals surface area contributed by atoms with Gasteiger partial charge in [0.25, 0.3) is 0 Å². The molecule has 0 spiro atoms. The third kappa shape index (κ3) is 2.54. The molecule has 0 unspecified atom stereocenters. The number of imidazole rings is 1. The quantitative estimate of drug-likeness (QED) is 0.917. The van der Waals surface area contributed by atoms with Gasteiger partial charge < -0.3 is 14.6 Å². The molecular weight excluding hydrogens is 242 g/mol. The van der Waals surface area contributed by atoms with Gasteiger partial charge in [-0.05, 0) is 32.0 Å². The van der Waals surface area contributed by atoms with E-state index in [4.69, 9.17) is 5.11 Å². The molecule has 0 radical (unpaired) electrons. The molecule has 1 aromatic heterocycles. The smallest absolute Gasteiger partial charge is 0.305 e. The first-order valence-electron chi connectivity index (χ1n) is 6.18. The number of benzene rings is 1. The Kier molecular flexibility index (Phi) is 3.22. The van der Waals surface area contributed by atoms with E-state index < -0.39 is 11.5 Å². The maximum Gasteiger partial charge on any atom is 0.305 e. The molecule has 0 saturated heterocycles. The monoisotopic (exact) mass is 261 g/mol. The maximum atomic E-state index is 10.9. The van der Waals surface area contributed by atoms with Crippen molar-refractivity contribution in [2.75, 3.05) is 11.9 Å². The van der Waals surface area contributed by atoms with Crippen molar-refractivity contribution in [1.82, 2.24) is 9.55 Å². The number of aryl methyl sites for hydroxylation is 1. The Morgan fingerprint density at radius 3 is 2.79 bits per heavy atom. The first-order chi connectivity index (χ1) is 8.81. The Morgan fingerprint density at radius 1 is 1.47 bits per heavy atom. The van der Waals surface area contributed by atoms with Crippen LogP contribution in [0.1, 0.15) is 20.3 Å². The highest BCUT2D eigenvalue weighted by Gasteiger charge is 2.27. The highest BCUT2D eigenvalue weighted by Crippen LogP contribution is 2.27. The van der Waals surface area contributed by atoms with Crippen LogP contribution in [0.3, 0.4) is 0 Å². The Bertz CT molecular complexity index is 616. The summed E-state index contributed by atoms with van der Waals surface area (Å²) < 4.78 is 1.96. The summed E-state index contributed by atoms with van der Waals surface area (Å²) in [4.78, 5) is 17.2. The molecule has 0 amide bonds. The number of anilines is 1. The standard InChI is InChI=1S/C14H19N3O2/c1-14(2,8-13(18)19)17(4)10-5-6-12-11(7-10)15-9-16(12)3/h5-7,9H,8H2,1-4H3,(H,18,19). The molecule has 1 aromatic carbocycles. The number of aliphatic carboxylic acids is 1. The SMILES string of the molecule is CN(c1ccc2c(c1)ncn2C)C(C)(C)CC(=O)O. The van der Waals surface area contributed by atoms with Gasteiger partial charge in [-0.1, -0.05) is 0 Å². The molecule has 102 valence electrons. The summed E-state index contributed by atoms with van der Waals surface area (Å²) in [7, 11) is 3.86. The van der Waals surface area contributed by atoms with E-state index in [1.54, 1.807) is 6.33 Å². The lowest BCUT2D eigenvalue weighted by molar-refractivity contribution is -0.138. The lowest BCUT2D eigenvalue weighted by Crippen LogP contribution is -2.43. The summed E-state index contributed by atoms with van der Waals surface area (Å²) in [6.07, 6.45) is 1.86. The van der Waals surface area contributed by atoms with Crippen molar-refractivity contribution in [2.45, 2.75) is 25.8 Å². The molecule has 5 heteroatoms. The molecular formula is C14H19N3O2. The average Bonchev–Trinajstić information content (AvgIpc) is 2.68. The zero-order valence-electron chi connectivity index (χ0n) is 11.7. The fourth-order valence-corrected chi connectivity index (χ4v) is 2.17. The number of nitrogens with zero attached hydrogens (tertiary/aromatic N) is 3. The van der Waals surface area contributed by atoms with Crippen LogP contribution < -0.4 is 4.90 Å². The highest BCUT2D eigenvalue weighted by atomic mass is 16.4. The summed E-state index contributed by atoms with van der Waals surface area (Å²) in [5.74, 6) is -0.796. The van der Waals surface area contributed by atoms with Crippen LogP contribution in [0.25, 0.3) is 11.0 Å². The van der Waals surface area contributed by atoms with Gasteiger partial charge in [-0.25, -0.2) is 4.98 Å². The maximum absolute atomic E-state index is 10.9. The zero-order valence-corrected chi connectivity index (χ0v) is 11.7. The molecule has 0 fully saturated rings. The third-order valence-electron chi connectivity index (χ3n) is 3.59. The van der Waals surface area contributed by atoms with Crippen LogP contribution in [0.5, 0.6) is 0 Å². The van der Waals surface area contributed by atoms with Gasteiger partial charge in [-0.3, -0.25) is 4.79 Å². The van der Waals surface area contributed by atoms with Gasteiger partial charge in [-0.2, -0.15) is 0 Å². The molecule has 5 nitrogen and oxygen atoms in total. The van der Waals surface area contributed by atoms with Crippen LogP contribution in [0.2, 0.25) is 0 Å². The third-order valence-corrected chi connectivity index (χ3v) is 3.59. The molecule has 19 heavy (non-hydrogen) atoms. The largest absolute Gasteiger partial charge is 0.481 e. The molecule has 0 aliphatic heterocycles. The molecule has 1 heterocycles. The predicted octanol–water partition coefficient (Wildman–Crippen LogP) is 2.26. The fourth-order valence-electron chi connectivity index (χ4n) is 2.17. The first-order valence-corrected chi connectivity index (χ1v) is 6.18. The summed E-state index contributed by atoms with van der Waals surface area (Å²) >= 11 is 0. The lowest BCUT2D eigenvalue weighted by atomic mass is 9.98. The first kappa shape index (κ1) is 13.4. The zero-order chi connectivity index (χ0) is 14.2. The Labute approximate surface area is 112 Å². The lowest BCUT2D eigenvalue weighted by Gasteiger charge is -2.36. The average molecular weight is 261 g/mol. The van der Waals surface area contributed by atoms with Gasteiger partial charge in [0, 0.05) is 25.3 Å². The van der Waals surface area contributed by atoms with Crippen LogP contribution in [0, 0.1) is 0 Å². The molecule has 0 bridgehead atoms. The number of aromatic nitrogens is 2. The van der Waals surface area contributed by atoms with E-state index in [-0.39, 0.29) is 6.42 Å². The number of hydrogen-bond acceptors (Lipinski definition) is 3. The Balaban J connectivity index is 2.35. The normalized spacial score (nSPS) is 11.8. The van der Waals surface area contributed by atoms with Gasteiger partial charge in [0.15, 0.2) is 0 Å². The number of carbonyl (C=O) groups is 1. The number of hydrogen-bond donors (Lipinski definition) is 1. The van der Waals surface area contributed by atoms with Crippen molar-refractivity contribution >= 4 is 22.7 Å².